The van der Waals surface area contributed by atoms with Gasteiger partial charge in [0, 0.05) is 23.7 Å². The number of hydrogen-bond acceptors (Lipinski definition) is 3. The number of pyridine rings is 2. The molecule has 1 atom stereocenters. The predicted octanol–water partition coefficient (Wildman–Crippen LogP) is 3.53. The molecule has 0 amide bonds. The lowest BCUT2D eigenvalue weighted by Crippen LogP contribution is -2.16. The minimum atomic E-state index is -0.252. The molecule has 0 saturated carbocycles. The molecule has 0 aliphatic carbocycles. The van der Waals surface area contributed by atoms with Crippen LogP contribution in [0.5, 0.6) is 0 Å². The Balaban J connectivity index is 1.87. The monoisotopic (exact) mass is 283 g/mol. The van der Waals surface area contributed by atoms with Gasteiger partial charge in [-0.25, -0.2) is 0 Å². The van der Waals surface area contributed by atoms with Gasteiger partial charge in [0.05, 0.1) is 22.3 Å². The van der Waals surface area contributed by atoms with Crippen molar-refractivity contribution < 1.29 is 0 Å². The van der Waals surface area contributed by atoms with Crippen LogP contribution in [0.15, 0.2) is 54.7 Å². The third-order valence-electron chi connectivity index (χ3n) is 3.22. The van der Waals surface area contributed by atoms with Crippen molar-refractivity contribution in [2.45, 2.75) is 12.5 Å². The van der Waals surface area contributed by atoms with Crippen LogP contribution in [0.4, 0.5) is 0 Å². The zero-order chi connectivity index (χ0) is 13.9. The van der Waals surface area contributed by atoms with Crippen LogP contribution in [0.2, 0.25) is 5.02 Å². The van der Waals surface area contributed by atoms with E-state index in [0.29, 0.717) is 17.1 Å². The summed E-state index contributed by atoms with van der Waals surface area (Å²) in [6, 6.07) is 15.4. The number of aromatic nitrogens is 2. The topological polar surface area (TPSA) is 51.8 Å². The largest absolute Gasteiger partial charge is 0.322 e. The number of nitrogens with zero attached hydrogens (tertiary/aromatic N) is 2. The first-order valence-corrected chi connectivity index (χ1v) is 6.82. The van der Waals surface area contributed by atoms with E-state index in [1.807, 2.05) is 30.3 Å². The van der Waals surface area contributed by atoms with Gasteiger partial charge in [-0.2, -0.15) is 0 Å². The maximum Gasteiger partial charge on any atom is 0.0760 e. The molecule has 1 aromatic carbocycles. The fourth-order valence-electron chi connectivity index (χ4n) is 2.21. The lowest BCUT2D eigenvalue weighted by molar-refractivity contribution is 0.685. The predicted molar refractivity (Wildman–Crippen MR) is 81.6 cm³/mol. The van der Waals surface area contributed by atoms with Crippen LogP contribution in [-0.2, 0) is 6.42 Å². The Morgan fingerprint density at radius 3 is 2.75 bits per heavy atom. The minimum absolute atomic E-state index is 0.252. The second-order valence-electron chi connectivity index (χ2n) is 4.68. The summed E-state index contributed by atoms with van der Waals surface area (Å²) in [5.41, 5.74) is 8.82. The first-order valence-electron chi connectivity index (χ1n) is 6.45. The maximum atomic E-state index is 6.18. The first kappa shape index (κ1) is 13.0. The molecule has 20 heavy (non-hydrogen) atoms. The van der Waals surface area contributed by atoms with Crippen LogP contribution < -0.4 is 5.73 Å². The van der Waals surface area contributed by atoms with Gasteiger partial charge >= 0.3 is 0 Å². The Hall–Kier alpha value is -1.97. The number of rotatable bonds is 3. The van der Waals surface area contributed by atoms with Crippen LogP contribution in [0.3, 0.4) is 0 Å². The minimum Gasteiger partial charge on any atom is -0.322 e. The molecule has 2 N–H and O–H groups in total. The molecular weight excluding hydrogens is 270 g/mol. The molecule has 4 heteroatoms. The second-order valence-corrected chi connectivity index (χ2v) is 5.08. The Labute approximate surface area is 122 Å². The summed E-state index contributed by atoms with van der Waals surface area (Å²) in [6.45, 7) is 0. The average Bonchev–Trinajstić information content (AvgIpc) is 2.47. The summed E-state index contributed by atoms with van der Waals surface area (Å²) in [6.07, 6.45) is 2.32. The number of halogens is 1. The van der Waals surface area contributed by atoms with Gasteiger partial charge in [-0.1, -0.05) is 35.9 Å². The maximum absolute atomic E-state index is 6.18. The fraction of sp³-hybridized carbons (Fsp3) is 0.125. The molecule has 0 bridgehead atoms. The highest BCUT2D eigenvalue weighted by Gasteiger charge is 2.13. The van der Waals surface area contributed by atoms with E-state index in [-0.39, 0.29) is 6.04 Å². The Morgan fingerprint density at radius 2 is 1.90 bits per heavy atom. The van der Waals surface area contributed by atoms with E-state index >= 15 is 0 Å². The highest BCUT2D eigenvalue weighted by molar-refractivity contribution is 6.31. The van der Waals surface area contributed by atoms with Crippen molar-refractivity contribution >= 4 is 22.5 Å². The first-order chi connectivity index (χ1) is 9.74. The Kier molecular flexibility index (Phi) is 3.63. The van der Waals surface area contributed by atoms with Gasteiger partial charge in [0.15, 0.2) is 0 Å². The Morgan fingerprint density at radius 1 is 1.05 bits per heavy atom. The summed E-state index contributed by atoms with van der Waals surface area (Å²) < 4.78 is 0. The summed E-state index contributed by atoms with van der Waals surface area (Å²) in [5.74, 6) is 0. The molecule has 3 nitrogen and oxygen atoms in total. The molecule has 0 spiro atoms. The molecule has 0 fully saturated rings. The van der Waals surface area contributed by atoms with Gasteiger partial charge in [-0.05, 0) is 24.3 Å². The number of benzene rings is 1. The average molecular weight is 284 g/mol. The van der Waals surface area contributed by atoms with Crippen molar-refractivity contribution in [3.8, 4) is 0 Å². The lowest BCUT2D eigenvalue weighted by Gasteiger charge is -2.12. The van der Waals surface area contributed by atoms with Crippen molar-refractivity contribution in [1.29, 1.82) is 0 Å². The van der Waals surface area contributed by atoms with Gasteiger partial charge in [0.1, 0.15) is 0 Å². The van der Waals surface area contributed by atoms with E-state index in [1.54, 1.807) is 18.3 Å². The van der Waals surface area contributed by atoms with Crippen molar-refractivity contribution in [2.24, 2.45) is 5.73 Å². The molecule has 1 unspecified atom stereocenters. The van der Waals surface area contributed by atoms with E-state index < -0.39 is 0 Å². The molecule has 100 valence electrons. The van der Waals surface area contributed by atoms with Crippen molar-refractivity contribution in [3.05, 3.63) is 71.1 Å². The third-order valence-corrected chi connectivity index (χ3v) is 3.54. The van der Waals surface area contributed by atoms with Gasteiger partial charge in [0.25, 0.3) is 0 Å². The molecular formula is C16H14ClN3. The number of hydrogen-bond donors (Lipinski definition) is 1. The normalized spacial score (nSPS) is 12.5. The summed E-state index contributed by atoms with van der Waals surface area (Å²) in [7, 11) is 0. The fourth-order valence-corrected chi connectivity index (χ4v) is 2.48. The highest BCUT2D eigenvalue weighted by Crippen LogP contribution is 2.22. The zero-order valence-electron chi connectivity index (χ0n) is 10.8. The molecule has 2 aromatic heterocycles. The molecule has 0 radical (unpaired) electrons. The Bertz CT molecular complexity index is 742. The number of nitrogens with two attached hydrogens (primary N) is 1. The molecule has 0 aliphatic heterocycles. The third kappa shape index (κ3) is 2.64. The van der Waals surface area contributed by atoms with E-state index in [0.717, 1.165) is 16.6 Å². The number of para-hydroxylation sites is 1. The summed E-state index contributed by atoms with van der Waals surface area (Å²) in [4.78, 5) is 8.87. The van der Waals surface area contributed by atoms with Crippen LogP contribution >= 0.6 is 11.6 Å². The molecule has 2 heterocycles. The van der Waals surface area contributed by atoms with Crippen molar-refractivity contribution in [3.63, 3.8) is 0 Å². The smallest absolute Gasteiger partial charge is 0.0760 e. The van der Waals surface area contributed by atoms with E-state index in [2.05, 4.69) is 16.0 Å². The standard InChI is InChI=1S/C16H14ClN3/c17-13-5-3-9-19-16(13)14(18)10-12-8-7-11-4-1-2-6-15(11)20-12/h1-9,14H,10,18H2. The van der Waals surface area contributed by atoms with E-state index in [9.17, 15) is 0 Å². The van der Waals surface area contributed by atoms with E-state index in [1.165, 1.54) is 0 Å². The van der Waals surface area contributed by atoms with Gasteiger partial charge in [0.2, 0.25) is 0 Å². The molecule has 3 rings (SSSR count). The van der Waals surface area contributed by atoms with E-state index in [4.69, 9.17) is 17.3 Å². The summed E-state index contributed by atoms with van der Waals surface area (Å²) >= 11 is 6.12. The van der Waals surface area contributed by atoms with Crippen LogP contribution in [0, 0.1) is 0 Å². The van der Waals surface area contributed by atoms with Crippen LogP contribution in [0.25, 0.3) is 10.9 Å². The highest BCUT2D eigenvalue weighted by atomic mass is 35.5. The zero-order valence-corrected chi connectivity index (χ0v) is 11.6. The van der Waals surface area contributed by atoms with Crippen molar-refractivity contribution in [2.75, 3.05) is 0 Å². The second kappa shape index (κ2) is 5.57. The van der Waals surface area contributed by atoms with Gasteiger partial charge < -0.3 is 5.73 Å². The van der Waals surface area contributed by atoms with Gasteiger partial charge in [-0.15, -0.1) is 0 Å². The quantitative estimate of drug-likeness (QED) is 0.800. The number of fused-ring (bicyclic) bond motifs is 1. The van der Waals surface area contributed by atoms with Crippen LogP contribution in [0.1, 0.15) is 17.4 Å². The summed E-state index contributed by atoms with van der Waals surface area (Å²) in [5, 5.41) is 1.72. The van der Waals surface area contributed by atoms with Crippen LogP contribution in [-0.4, -0.2) is 9.97 Å². The lowest BCUT2D eigenvalue weighted by atomic mass is 10.1. The molecule has 0 saturated heterocycles. The molecule has 0 aliphatic rings. The SMILES string of the molecule is NC(Cc1ccc2ccccc2n1)c1ncccc1Cl. The van der Waals surface area contributed by atoms with Crippen molar-refractivity contribution in [1.82, 2.24) is 9.97 Å². The van der Waals surface area contributed by atoms with Gasteiger partial charge in [-0.3, -0.25) is 9.97 Å². The molecule has 3 aromatic rings.